The van der Waals surface area contributed by atoms with Crippen LogP contribution in [0, 0.1) is 5.92 Å². The van der Waals surface area contributed by atoms with Crippen LogP contribution in [0.4, 0.5) is 4.79 Å². The van der Waals surface area contributed by atoms with Crippen LogP contribution in [0.1, 0.15) is 56.1 Å². The summed E-state index contributed by atoms with van der Waals surface area (Å²) in [6.07, 6.45) is 10.0. The number of nitrogens with one attached hydrogen (secondary N) is 1. The molecule has 1 atom stereocenters. The van der Waals surface area contributed by atoms with Gasteiger partial charge in [-0.2, -0.15) is 0 Å². The highest BCUT2D eigenvalue weighted by atomic mass is 16.6. The second-order valence-electron chi connectivity index (χ2n) is 8.49. The third-order valence-corrected chi connectivity index (χ3v) is 6.34. The van der Waals surface area contributed by atoms with Gasteiger partial charge in [0.05, 0.1) is 20.8 Å². The molecule has 1 aliphatic heterocycles. The zero-order valence-corrected chi connectivity index (χ0v) is 18.7. The number of benzene rings is 1. The van der Waals surface area contributed by atoms with Crippen LogP contribution in [0.25, 0.3) is 0 Å². The second-order valence-corrected chi connectivity index (χ2v) is 8.49. The van der Waals surface area contributed by atoms with E-state index in [1.807, 2.05) is 4.90 Å². The normalized spacial score (nSPS) is 19.1. The summed E-state index contributed by atoms with van der Waals surface area (Å²) in [5, 5.41) is 3.57. The topological polar surface area (TPSA) is 60.0 Å². The van der Waals surface area contributed by atoms with Gasteiger partial charge in [-0.1, -0.05) is 0 Å². The minimum Gasteiger partial charge on any atom is -0.493 e. The number of cyclic esters (lactones) is 1. The van der Waals surface area contributed by atoms with E-state index in [1.54, 1.807) is 14.2 Å². The minimum absolute atomic E-state index is 0.134. The Labute approximate surface area is 181 Å². The van der Waals surface area contributed by atoms with Crippen LogP contribution in [-0.4, -0.2) is 58.0 Å². The van der Waals surface area contributed by atoms with E-state index in [1.165, 1.54) is 30.4 Å². The maximum atomic E-state index is 11.8. The Morgan fingerprint density at radius 3 is 2.63 bits per heavy atom. The summed E-state index contributed by atoms with van der Waals surface area (Å²) in [6.45, 7) is 4.32. The number of carbonyl (C=O) groups excluding carboxylic acids is 1. The first-order valence-electron chi connectivity index (χ1n) is 11.6. The van der Waals surface area contributed by atoms with Crippen molar-refractivity contribution in [2.75, 3.05) is 47.0 Å². The molecule has 1 unspecified atom stereocenters. The van der Waals surface area contributed by atoms with Gasteiger partial charge in [-0.15, -0.1) is 0 Å². The molecule has 3 rings (SSSR count). The Kier molecular flexibility index (Phi) is 9.12. The number of hydrogen-bond acceptors (Lipinski definition) is 5. The standard InChI is InChI=1S/C24H38N2O4/c1-28-22-17-20-10-9-19(16-21(20)18-23(22)29-2)8-7-12-25-11-3-4-13-26-14-5-6-15-30-24(26)27/h17-19,25H,3-16H2,1-2H3. The summed E-state index contributed by atoms with van der Waals surface area (Å²) in [6, 6.07) is 4.32. The smallest absolute Gasteiger partial charge is 0.409 e. The monoisotopic (exact) mass is 418 g/mol. The zero-order chi connectivity index (χ0) is 21.2. The Hall–Kier alpha value is -1.95. The lowest BCUT2D eigenvalue weighted by atomic mass is 9.81. The van der Waals surface area contributed by atoms with Crippen LogP contribution in [0.5, 0.6) is 11.5 Å². The number of amides is 1. The molecule has 1 heterocycles. The lowest BCUT2D eigenvalue weighted by Gasteiger charge is -2.26. The minimum atomic E-state index is -0.134. The van der Waals surface area contributed by atoms with E-state index in [4.69, 9.17) is 14.2 Å². The molecule has 30 heavy (non-hydrogen) atoms. The molecular formula is C24H38N2O4. The fourth-order valence-corrected chi connectivity index (χ4v) is 4.55. The van der Waals surface area contributed by atoms with Gasteiger partial charge in [0.25, 0.3) is 0 Å². The molecule has 0 bridgehead atoms. The van der Waals surface area contributed by atoms with Crippen molar-refractivity contribution in [3.05, 3.63) is 23.3 Å². The van der Waals surface area contributed by atoms with Crippen molar-refractivity contribution < 1.29 is 19.0 Å². The second kappa shape index (κ2) is 12.0. The number of ether oxygens (including phenoxy) is 3. The molecule has 6 heteroatoms. The highest BCUT2D eigenvalue weighted by molar-refractivity contribution is 5.67. The first-order chi connectivity index (χ1) is 14.7. The molecule has 0 saturated carbocycles. The van der Waals surface area contributed by atoms with Gasteiger partial charge in [0.2, 0.25) is 0 Å². The maximum absolute atomic E-state index is 11.8. The van der Waals surface area contributed by atoms with E-state index in [0.717, 1.165) is 82.1 Å². The molecule has 1 aromatic rings. The summed E-state index contributed by atoms with van der Waals surface area (Å²) >= 11 is 0. The number of hydrogen-bond donors (Lipinski definition) is 1. The van der Waals surface area contributed by atoms with E-state index in [2.05, 4.69) is 17.4 Å². The van der Waals surface area contributed by atoms with Crippen molar-refractivity contribution in [1.29, 1.82) is 0 Å². The number of aryl methyl sites for hydroxylation is 1. The highest BCUT2D eigenvalue weighted by Gasteiger charge is 2.21. The predicted octanol–water partition coefficient (Wildman–Crippen LogP) is 4.19. The van der Waals surface area contributed by atoms with E-state index in [-0.39, 0.29) is 6.09 Å². The van der Waals surface area contributed by atoms with E-state index >= 15 is 0 Å². The lowest BCUT2D eigenvalue weighted by Crippen LogP contribution is -2.32. The summed E-state index contributed by atoms with van der Waals surface area (Å²) < 4.78 is 16.1. The van der Waals surface area contributed by atoms with Crippen LogP contribution in [-0.2, 0) is 17.6 Å². The number of methoxy groups -OCH3 is 2. The van der Waals surface area contributed by atoms with Gasteiger partial charge in [-0.25, -0.2) is 4.79 Å². The average Bonchev–Trinajstić information content (AvgIpc) is 2.98. The number of fused-ring (bicyclic) bond motifs is 1. The molecule has 0 spiro atoms. The quantitative estimate of drug-likeness (QED) is 0.546. The van der Waals surface area contributed by atoms with Gasteiger partial charge in [0, 0.05) is 13.1 Å². The summed E-state index contributed by atoms with van der Waals surface area (Å²) in [5.41, 5.74) is 2.83. The molecule has 1 fully saturated rings. The van der Waals surface area contributed by atoms with Crippen LogP contribution >= 0.6 is 0 Å². The van der Waals surface area contributed by atoms with Crippen LogP contribution in [0.3, 0.4) is 0 Å². The van der Waals surface area contributed by atoms with Gasteiger partial charge in [-0.3, -0.25) is 0 Å². The first kappa shape index (κ1) is 22.7. The third kappa shape index (κ3) is 6.53. The molecular weight excluding hydrogens is 380 g/mol. The first-order valence-corrected chi connectivity index (χ1v) is 11.6. The van der Waals surface area contributed by atoms with Crippen LogP contribution in [0.2, 0.25) is 0 Å². The Balaban J connectivity index is 1.27. The van der Waals surface area contributed by atoms with E-state index in [9.17, 15) is 4.79 Å². The molecule has 1 aliphatic carbocycles. The predicted molar refractivity (Wildman–Crippen MR) is 119 cm³/mol. The van der Waals surface area contributed by atoms with Crippen LogP contribution in [0.15, 0.2) is 12.1 Å². The van der Waals surface area contributed by atoms with Gasteiger partial charge in [-0.05, 0) is 100 Å². The van der Waals surface area contributed by atoms with Crippen molar-refractivity contribution in [3.63, 3.8) is 0 Å². The van der Waals surface area contributed by atoms with Gasteiger partial charge >= 0.3 is 6.09 Å². The van der Waals surface area contributed by atoms with Crippen molar-refractivity contribution in [2.24, 2.45) is 5.92 Å². The molecule has 1 amide bonds. The number of rotatable bonds is 11. The molecule has 0 radical (unpaired) electrons. The molecule has 2 aliphatic rings. The fourth-order valence-electron chi connectivity index (χ4n) is 4.55. The number of unbranched alkanes of at least 4 members (excludes halogenated alkanes) is 1. The van der Waals surface area contributed by atoms with Gasteiger partial charge < -0.3 is 24.4 Å². The van der Waals surface area contributed by atoms with Gasteiger partial charge in [0.1, 0.15) is 0 Å². The fraction of sp³-hybridized carbons (Fsp3) is 0.708. The molecule has 1 saturated heterocycles. The highest BCUT2D eigenvalue weighted by Crippen LogP contribution is 2.36. The average molecular weight is 419 g/mol. The Morgan fingerprint density at radius 1 is 1.07 bits per heavy atom. The lowest BCUT2D eigenvalue weighted by molar-refractivity contribution is 0.115. The van der Waals surface area contributed by atoms with Gasteiger partial charge in [0.15, 0.2) is 11.5 Å². The maximum Gasteiger partial charge on any atom is 0.409 e. The largest absolute Gasteiger partial charge is 0.493 e. The molecule has 1 aromatic carbocycles. The Morgan fingerprint density at radius 2 is 1.83 bits per heavy atom. The summed E-state index contributed by atoms with van der Waals surface area (Å²) in [7, 11) is 3.40. The Bertz CT molecular complexity index is 679. The van der Waals surface area contributed by atoms with Crippen molar-refractivity contribution in [2.45, 2.75) is 57.8 Å². The SMILES string of the molecule is COc1cc2c(cc1OC)CC(CCCNCCCCN1CCCCOC1=O)CC2. The number of carbonyl (C=O) groups is 1. The molecule has 168 valence electrons. The number of nitrogens with zero attached hydrogens (tertiary/aromatic N) is 1. The molecule has 1 N–H and O–H groups in total. The van der Waals surface area contributed by atoms with E-state index < -0.39 is 0 Å². The molecule has 0 aromatic heterocycles. The van der Waals surface area contributed by atoms with E-state index in [0.29, 0.717) is 6.61 Å². The summed E-state index contributed by atoms with van der Waals surface area (Å²) in [4.78, 5) is 13.6. The zero-order valence-electron chi connectivity index (χ0n) is 18.7. The van der Waals surface area contributed by atoms with Crippen molar-refractivity contribution in [3.8, 4) is 11.5 Å². The molecule has 6 nitrogen and oxygen atoms in total. The van der Waals surface area contributed by atoms with Crippen LogP contribution < -0.4 is 14.8 Å². The van der Waals surface area contributed by atoms with Crippen molar-refractivity contribution >= 4 is 6.09 Å². The summed E-state index contributed by atoms with van der Waals surface area (Å²) in [5.74, 6) is 2.44. The third-order valence-electron chi connectivity index (χ3n) is 6.34. The van der Waals surface area contributed by atoms with Crippen molar-refractivity contribution in [1.82, 2.24) is 10.2 Å².